The maximum absolute atomic E-state index is 5.59. The Labute approximate surface area is 97.0 Å². The van der Waals surface area contributed by atoms with Crippen LogP contribution in [0.1, 0.15) is 31.9 Å². The molecule has 1 aromatic rings. The zero-order valence-electron chi connectivity index (χ0n) is 9.98. The third-order valence-electron chi connectivity index (χ3n) is 2.71. The summed E-state index contributed by atoms with van der Waals surface area (Å²) < 4.78 is 7.59. The van der Waals surface area contributed by atoms with Gasteiger partial charge in [0.25, 0.3) is 0 Å². The van der Waals surface area contributed by atoms with Crippen molar-refractivity contribution in [1.82, 2.24) is 14.9 Å². The molecule has 0 spiro atoms. The Hall–Kier alpha value is -0.870. The molecule has 1 heterocycles. The van der Waals surface area contributed by atoms with Crippen molar-refractivity contribution in [3.8, 4) is 0 Å². The smallest absolute Gasteiger partial charge is 0.123 e. The maximum Gasteiger partial charge on any atom is 0.123 e. The van der Waals surface area contributed by atoms with Crippen LogP contribution in [-0.4, -0.2) is 22.7 Å². The van der Waals surface area contributed by atoms with Gasteiger partial charge in [-0.25, -0.2) is 4.98 Å². The molecule has 1 fully saturated rings. The van der Waals surface area contributed by atoms with Crippen LogP contribution in [-0.2, 0) is 18.0 Å². The molecule has 1 aromatic heterocycles. The molecule has 4 nitrogen and oxygen atoms in total. The fourth-order valence-corrected chi connectivity index (χ4v) is 1.57. The standard InChI is InChI=1S/C12H21N3O/c1-2-5-13-6-12-7-15(9-14-12)10-16-8-11-3-4-11/h7,9,11,13H,2-6,8,10H2,1H3. The second-order valence-corrected chi connectivity index (χ2v) is 4.50. The van der Waals surface area contributed by atoms with E-state index in [-0.39, 0.29) is 0 Å². The van der Waals surface area contributed by atoms with E-state index in [4.69, 9.17) is 4.74 Å². The molecule has 0 atom stereocenters. The van der Waals surface area contributed by atoms with Gasteiger partial charge < -0.3 is 14.6 Å². The number of rotatable bonds is 8. The Morgan fingerprint density at radius 3 is 3.19 bits per heavy atom. The van der Waals surface area contributed by atoms with Gasteiger partial charge in [0, 0.05) is 12.7 Å². The molecule has 0 aromatic carbocycles. The van der Waals surface area contributed by atoms with Crippen molar-refractivity contribution in [2.75, 3.05) is 13.2 Å². The Balaban J connectivity index is 1.64. The van der Waals surface area contributed by atoms with Crippen molar-refractivity contribution in [1.29, 1.82) is 0 Å². The van der Waals surface area contributed by atoms with Gasteiger partial charge in [0.15, 0.2) is 0 Å². The van der Waals surface area contributed by atoms with Gasteiger partial charge >= 0.3 is 0 Å². The predicted octanol–water partition coefficient (Wildman–Crippen LogP) is 1.77. The molecule has 1 N–H and O–H groups in total. The van der Waals surface area contributed by atoms with E-state index in [1.165, 1.54) is 12.8 Å². The third kappa shape index (κ3) is 3.94. The highest BCUT2D eigenvalue weighted by atomic mass is 16.5. The van der Waals surface area contributed by atoms with Gasteiger partial charge in [0.05, 0.1) is 18.6 Å². The van der Waals surface area contributed by atoms with E-state index in [9.17, 15) is 0 Å². The molecule has 1 saturated carbocycles. The maximum atomic E-state index is 5.59. The molecule has 90 valence electrons. The van der Waals surface area contributed by atoms with Gasteiger partial charge in [-0.15, -0.1) is 0 Å². The quantitative estimate of drug-likeness (QED) is 0.683. The highest BCUT2D eigenvalue weighted by molar-refractivity contribution is 4.95. The highest BCUT2D eigenvalue weighted by Gasteiger charge is 2.20. The average Bonchev–Trinajstić information content (AvgIpc) is 2.99. The van der Waals surface area contributed by atoms with E-state index in [1.54, 1.807) is 0 Å². The zero-order valence-corrected chi connectivity index (χ0v) is 9.98. The monoisotopic (exact) mass is 223 g/mol. The number of hydrogen-bond donors (Lipinski definition) is 1. The second-order valence-electron chi connectivity index (χ2n) is 4.50. The van der Waals surface area contributed by atoms with Crippen LogP contribution in [0.3, 0.4) is 0 Å². The number of hydrogen-bond acceptors (Lipinski definition) is 3. The molecule has 0 unspecified atom stereocenters. The summed E-state index contributed by atoms with van der Waals surface area (Å²) in [5.74, 6) is 0.828. The number of imidazole rings is 1. The van der Waals surface area contributed by atoms with E-state index in [0.29, 0.717) is 6.73 Å². The second kappa shape index (κ2) is 6.01. The third-order valence-corrected chi connectivity index (χ3v) is 2.71. The van der Waals surface area contributed by atoms with Crippen LogP contribution < -0.4 is 5.32 Å². The Morgan fingerprint density at radius 1 is 1.56 bits per heavy atom. The first-order valence-corrected chi connectivity index (χ1v) is 6.17. The van der Waals surface area contributed by atoms with Crippen LogP contribution in [0.25, 0.3) is 0 Å². The summed E-state index contributed by atoms with van der Waals surface area (Å²) in [6.45, 7) is 5.60. The fourth-order valence-electron chi connectivity index (χ4n) is 1.57. The highest BCUT2D eigenvalue weighted by Crippen LogP contribution is 2.28. The van der Waals surface area contributed by atoms with Gasteiger partial charge in [-0.2, -0.15) is 0 Å². The van der Waals surface area contributed by atoms with Crippen LogP contribution in [0.5, 0.6) is 0 Å². The summed E-state index contributed by atoms with van der Waals surface area (Å²) in [5, 5.41) is 3.33. The van der Waals surface area contributed by atoms with E-state index < -0.39 is 0 Å². The number of ether oxygens (including phenoxy) is 1. The molecule has 2 rings (SSSR count). The molecule has 0 aliphatic heterocycles. The molecule has 4 heteroatoms. The van der Waals surface area contributed by atoms with E-state index in [0.717, 1.165) is 37.7 Å². The van der Waals surface area contributed by atoms with Gasteiger partial charge in [-0.1, -0.05) is 6.92 Å². The van der Waals surface area contributed by atoms with Crippen molar-refractivity contribution in [3.63, 3.8) is 0 Å². The van der Waals surface area contributed by atoms with E-state index >= 15 is 0 Å². The fraction of sp³-hybridized carbons (Fsp3) is 0.750. The average molecular weight is 223 g/mol. The SMILES string of the molecule is CCCNCc1cn(COCC2CC2)cn1. The van der Waals surface area contributed by atoms with Crippen LogP contribution >= 0.6 is 0 Å². The Bertz CT molecular complexity index is 307. The van der Waals surface area contributed by atoms with Crippen molar-refractivity contribution < 1.29 is 4.74 Å². The number of aromatic nitrogens is 2. The van der Waals surface area contributed by atoms with Crippen molar-refractivity contribution >= 4 is 0 Å². The lowest BCUT2D eigenvalue weighted by atomic mass is 10.4. The van der Waals surface area contributed by atoms with Crippen LogP contribution in [0, 0.1) is 5.92 Å². The van der Waals surface area contributed by atoms with Crippen LogP contribution in [0.15, 0.2) is 12.5 Å². The van der Waals surface area contributed by atoms with Crippen molar-refractivity contribution in [2.24, 2.45) is 5.92 Å². The summed E-state index contributed by atoms with van der Waals surface area (Å²) in [6.07, 6.45) is 7.74. The van der Waals surface area contributed by atoms with Gasteiger partial charge in [-0.3, -0.25) is 0 Å². The molecule has 0 saturated heterocycles. The van der Waals surface area contributed by atoms with Gasteiger partial charge in [0.2, 0.25) is 0 Å². The van der Waals surface area contributed by atoms with Crippen molar-refractivity contribution in [2.45, 2.75) is 39.5 Å². The lowest BCUT2D eigenvalue weighted by Gasteiger charge is -2.03. The number of nitrogens with one attached hydrogen (secondary N) is 1. The minimum atomic E-state index is 0.636. The Kier molecular flexibility index (Phi) is 4.36. The first-order valence-electron chi connectivity index (χ1n) is 6.17. The summed E-state index contributed by atoms with van der Waals surface area (Å²) in [7, 11) is 0. The minimum Gasteiger partial charge on any atom is -0.360 e. The topological polar surface area (TPSA) is 39.1 Å². The lowest BCUT2D eigenvalue weighted by Crippen LogP contribution is -2.13. The number of nitrogens with zero attached hydrogens (tertiary/aromatic N) is 2. The lowest BCUT2D eigenvalue weighted by molar-refractivity contribution is 0.0689. The van der Waals surface area contributed by atoms with Gasteiger partial charge in [0.1, 0.15) is 6.73 Å². The summed E-state index contributed by atoms with van der Waals surface area (Å²) in [6, 6.07) is 0. The molecular weight excluding hydrogens is 202 g/mol. The van der Waals surface area contributed by atoms with E-state index in [2.05, 4.69) is 23.4 Å². The summed E-state index contributed by atoms with van der Waals surface area (Å²) in [5.41, 5.74) is 1.09. The molecular formula is C12H21N3O. The molecule has 1 aliphatic carbocycles. The molecule has 1 aliphatic rings. The van der Waals surface area contributed by atoms with Gasteiger partial charge in [-0.05, 0) is 31.7 Å². The van der Waals surface area contributed by atoms with Crippen LogP contribution in [0.4, 0.5) is 0 Å². The summed E-state index contributed by atoms with van der Waals surface area (Å²) in [4.78, 5) is 4.32. The Morgan fingerprint density at radius 2 is 2.44 bits per heavy atom. The largest absolute Gasteiger partial charge is 0.360 e. The van der Waals surface area contributed by atoms with Crippen LogP contribution in [0.2, 0.25) is 0 Å². The molecule has 0 amide bonds. The first-order chi connectivity index (χ1) is 7.88. The zero-order chi connectivity index (χ0) is 11.2. The normalized spacial score (nSPS) is 15.6. The predicted molar refractivity (Wildman–Crippen MR) is 62.9 cm³/mol. The summed E-state index contributed by atoms with van der Waals surface area (Å²) >= 11 is 0. The molecule has 16 heavy (non-hydrogen) atoms. The molecule has 0 radical (unpaired) electrons. The molecule has 0 bridgehead atoms. The van der Waals surface area contributed by atoms with Crippen molar-refractivity contribution in [3.05, 3.63) is 18.2 Å². The first kappa shape index (κ1) is 11.6. The minimum absolute atomic E-state index is 0.636. The van der Waals surface area contributed by atoms with E-state index in [1.807, 2.05) is 10.9 Å².